The first-order valence-electron chi connectivity index (χ1n) is 5.43. The van der Waals surface area contributed by atoms with Crippen molar-refractivity contribution in [1.82, 2.24) is 4.98 Å². The van der Waals surface area contributed by atoms with E-state index in [4.69, 9.17) is 5.11 Å². The van der Waals surface area contributed by atoms with E-state index in [1.807, 2.05) is 0 Å². The summed E-state index contributed by atoms with van der Waals surface area (Å²) >= 11 is 0. The van der Waals surface area contributed by atoms with Gasteiger partial charge in [-0.25, -0.2) is 4.79 Å². The molecule has 0 fully saturated rings. The fraction of sp³-hybridized carbons (Fsp3) is 0.0769. The summed E-state index contributed by atoms with van der Waals surface area (Å²) in [5.41, 5.74) is -1.44. The van der Waals surface area contributed by atoms with E-state index in [1.165, 1.54) is 18.2 Å². The van der Waals surface area contributed by atoms with Crippen molar-refractivity contribution in [2.45, 2.75) is 6.18 Å². The fourth-order valence-corrected chi connectivity index (χ4v) is 1.65. The molecule has 1 aromatic heterocycles. The number of hydrogen-bond donors (Lipinski definition) is 2. The van der Waals surface area contributed by atoms with Gasteiger partial charge in [0.2, 0.25) is 0 Å². The second-order valence-corrected chi connectivity index (χ2v) is 4.00. The monoisotopic (exact) mass is 283 g/mol. The van der Waals surface area contributed by atoms with E-state index in [9.17, 15) is 22.8 Å². The van der Waals surface area contributed by atoms with Crippen molar-refractivity contribution >= 4 is 5.97 Å². The highest BCUT2D eigenvalue weighted by atomic mass is 19.4. The maximum absolute atomic E-state index is 12.4. The van der Waals surface area contributed by atoms with E-state index in [0.717, 1.165) is 18.2 Å². The summed E-state index contributed by atoms with van der Waals surface area (Å²) in [5.74, 6) is -1.37. The summed E-state index contributed by atoms with van der Waals surface area (Å²) in [4.78, 5) is 24.5. The Bertz CT molecular complexity index is 702. The smallest absolute Gasteiger partial charge is 0.416 e. The molecule has 20 heavy (non-hydrogen) atoms. The van der Waals surface area contributed by atoms with E-state index in [-0.39, 0.29) is 5.69 Å². The number of rotatable bonds is 2. The van der Waals surface area contributed by atoms with Crippen molar-refractivity contribution in [2.75, 3.05) is 0 Å². The minimum Gasteiger partial charge on any atom is -0.477 e. The number of carbonyl (C=O) groups is 1. The molecule has 1 aromatic carbocycles. The van der Waals surface area contributed by atoms with Gasteiger partial charge >= 0.3 is 12.1 Å². The van der Waals surface area contributed by atoms with E-state index in [1.54, 1.807) is 0 Å². The first kappa shape index (κ1) is 13.9. The Hall–Kier alpha value is -2.57. The number of carboxylic acid groups (broad SMARTS) is 1. The summed E-state index contributed by atoms with van der Waals surface area (Å²) < 4.78 is 37.2. The quantitative estimate of drug-likeness (QED) is 0.890. The van der Waals surface area contributed by atoms with Crippen LogP contribution in [0.3, 0.4) is 0 Å². The Morgan fingerprint density at radius 3 is 2.10 bits per heavy atom. The standard InChI is InChI=1S/C13H8F3NO3/c14-13(15,16)8-3-1-7(2-4-8)10-6-5-9(12(19)20)11(18)17-10/h1-6H,(H,17,18)(H,19,20). The number of benzene rings is 1. The second kappa shape index (κ2) is 4.84. The molecule has 0 saturated carbocycles. The van der Waals surface area contributed by atoms with E-state index >= 15 is 0 Å². The Labute approximate surface area is 110 Å². The lowest BCUT2D eigenvalue weighted by atomic mass is 10.1. The van der Waals surface area contributed by atoms with Crippen LogP contribution in [0.1, 0.15) is 15.9 Å². The lowest BCUT2D eigenvalue weighted by Crippen LogP contribution is -2.17. The lowest BCUT2D eigenvalue weighted by Gasteiger charge is -2.07. The summed E-state index contributed by atoms with van der Waals surface area (Å²) in [5, 5.41) is 8.71. The van der Waals surface area contributed by atoms with E-state index < -0.39 is 28.8 Å². The topological polar surface area (TPSA) is 70.2 Å². The number of carboxylic acids is 1. The number of nitrogens with one attached hydrogen (secondary N) is 1. The molecule has 0 amide bonds. The molecule has 2 rings (SSSR count). The SMILES string of the molecule is O=C(O)c1ccc(-c2ccc(C(F)(F)F)cc2)[nH]c1=O. The van der Waals surface area contributed by atoms with Gasteiger partial charge in [-0.1, -0.05) is 12.1 Å². The predicted molar refractivity (Wildman–Crippen MR) is 64.5 cm³/mol. The van der Waals surface area contributed by atoms with Gasteiger partial charge in [-0.15, -0.1) is 0 Å². The second-order valence-electron chi connectivity index (χ2n) is 4.00. The average molecular weight is 283 g/mol. The van der Waals surface area contributed by atoms with Gasteiger partial charge in [-0.05, 0) is 29.8 Å². The molecular formula is C13H8F3NO3. The zero-order valence-corrected chi connectivity index (χ0v) is 9.86. The molecule has 2 aromatic rings. The van der Waals surface area contributed by atoms with Crippen LogP contribution in [-0.4, -0.2) is 16.1 Å². The van der Waals surface area contributed by atoms with Gasteiger partial charge < -0.3 is 10.1 Å². The van der Waals surface area contributed by atoms with Gasteiger partial charge in [0.25, 0.3) is 5.56 Å². The van der Waals surface area contributed by atoms with Crippen LogP contribution < -0.4 is 5.56 Å². The number of halogens is 3. The molecule has 0 aliphatic heterocycles. The predicted octanol–water partition coefficient (Wildman–Crippen LogP) is 2.76. The third-order valence-electron chi connectivity index (χ3n) is 2.66. The molecule has 4 nitrogen and oxygen atoms in total. The summed E-state index contributed by atoms with van der Waals surface area (Å²) in [6.07, 6.45) is -4.43. The zero-order chi connectivity index (χ0) is 14.9. The van der Waals surface area contributed by atoms with Crippen molar-refractivity contribution < 1.29 is 23.1 Å². The highest BCUT2D eigenvalue weighted by Crippen LogP contribution is 2.30. The van der Waals surface area contributed by atoms with Crippen LogP contribution in [-0.2, 0) is 6.18 Å². The highest BCUT2D eigenvalue weighted by Gasteiger charge is 2.29. The molecular weight excluding hydrogens is 275 g/mol. The number of aromatic carboxylic acids is 1. The third-order valence-corrected chi connectivity index (χ3v) is 2.66. The molecule has 0 aliphatic rings. The zero-order valence-electron chi connectivity index (χ0n) is 9.86. The van der Waals surface area contributed by atoms with Gasteiger partial charge in [0.15, 0.2) is 0 Å². The Kier molecular flexibility index (Phi) is 3.35. The molecule has 0 saturated heterocycles. The van der Waals surface area contributed by atoms with Crippen molar-refractivity contribution in [3.63, 3.8) is 0 Å². The summed E-state index contributed by atoms with van der Waals surface area (Å²) in [7, 11) is 0. The third kappa shape index (κ3) is 2.71. The minimum atomic E-state index is -4.43. The van der Waals surface area contributed by atoms with Gasteiger partial charge in [-0.2, -0.15) is 13.2 Å². The Morgan fingerprint density at radius 2 is 1.65 bits per heavy atom. The molecule has 0 atom stereocenters. The maximum Gasteiger partial charge on any atom is 0.416 e. The molecule has 7 heteroatoms. The Morgan fingerprint density at radius 1 is 1.05 bits per heavy atom. The summed E-state index contributed by atoms with van der Waals surface area (Å²) in [6, 6.07) is 6.61. The number of pyridine rings is 1. The highest BCUT2D eigenvalue weighted by molar-refractivity contribution is 5.87. The molecule has 0 spiro atoms. The van der Waals surface area contributed by atoms with Crippen LogP contribution in [0.4, 0.5) is 13.2 Å². The van der Waals surface area contributed by atoms with Crippen molar-refractivity contribution in [3.8, 4) is 11.3 Å². The van der Waals surface area contributed by atoms with Crippen LogP contribution in [0.15, 0.2) is 41.2 Å². The van der Waals surface area contributed by atoms with Crippen molar-refractivity contribution in [3.05, 3.63) is 57.9 Å². The molecule has 0 aliphatic carbocycles. The first-order chi connectivity index (χ1) is 9.29. The van der Waals surface area contributed by atoms with Gasteiger partial charge in [0.1, 0.15) is 5.56 Å². The van der Waals surface area contributed by atoms with Crippen LogP contribution in [0.5, 0.6) is 0 Å². The first-order valence-corrected chi connectivity index (χ1v) is 5.43. The lowest BCUT2D eigenvalue weighted by molar-refractivity contribution is -0.137. The average Bonchev–Trinajstić information content (AvgIpc) is 2.37. The minimum absolute atomic E-state index is 0.244. The molecule has 2 N–H and O–H groups in total. The van der Waals surface area contributed by atoms with E-state index in [0.29, 0.717) is 5.56 Å². The molecule has 104 valence electrons. The fourth-order valence-electron chi connectivity index (χ4n) is 1.65. The van der Waals surface area contributed by atoms with Crippen LogP contribution in [0.2, 0.25) is 0 Å². The molecule has 0 radical (unpaired) electrons. The number of aromatic nitrogens is 1. The van der Waals surface area contributed by atoms with Crippen molar-refractivity contribution in [2.24, 2.45) is 0 Å². The van der Waals surface area contributed by atoms with Gasteiger partial charge in [0, 0.05) is 5.69 Å². The van der Waals surface area contributed by atoms with Crippen LogP contribution >= 0.6 is 0 Å². The molecule has 0 bridgehead atoms. The Balaban J connectivity index is 2.40. The normalized spacial score (nSPS) is 11.3. The number of alkyl halides is 3. The molecule has 0 unspecified atom stereocenters. The van der Waals surface area contributed by atoms with Crippen molar-refractivity contribution in [1.29, 1.82) is 0 Å². The van der Waals surface area contributed by atoms with Gasteiger partial charge in [-0.3, -0.25) is 4.79 Å². The number of hydrogen-bond acceptors (Lipinski definition) is 2. The number of aromatic amines is 1. The largest absolute Gasteiger partial charge is 0.477 e. The van der Waals surface area contributed by atoms with Crippen LogP contribution in [0, 0.1) is 0 Å². The number of H-pyrrole nitrogens is 1. The van der Waals surface area contributed by atoms with E-state index in [2.05, 4.69) is 4.98 Å². The molecule has 1 heterocycles. The maximum atomic E-state index is 12.4. The van der Waals surface area contributed by atoms with Crippen LogP contribution in [0.25, 0.3) is 11.3 Å². The summed E-state index contributed by atoms with van der Waals surface area (Å²) in [6.45, 7) is 0. The van der Waals surface area contributed by atoms with Gasteiger partial charge in [0.05, 0.1) is 5.56 Å².